The van der Waals surface area contributed by atoms with Crippen LogP contribution < -0.4 is 15.0 Å². The monoisotopic (exact) mass is 414 g/mol. The van der Waals surface area contributed by atoms with Crippen molar-refractivity contribution in [2.75, 3.05) is 43.6 Å². The van der Waals surface area contributed by atoms with Gasteiger partial charge >= 0.3 is 5.69 Å². The number of aromatic nitrogens is 1. The highest BCUT2D eigenvalue weighted by atomic mass is 32.1. The Hall–Kier alpha value is -3.24. The number of hydrogen-bond donors (Lipinski definition) is 1. The number of amides is 1. The van der Waals surface area contributed by atoms with Crippen LogP contribution in [0.4, 0.5) is 16.5 Å². The van der Waals surface area contributed by atoms with Gasteiger partial charge in [0.25, 0.3) is 5.91 Å². The van der Waals surface area contributed by atoms with Crippen molar-refractivity contribution in [3.63, 3.8) is 0 Å². The lowest BCUT2D eigenvalue weighted by Gasteiger charge is -2.25. The summed E-state index contributed by atoms with van der Waals surface area (Å²) in [7, 11) is 1.34. The molecule has 0 bridgehead atoms. The molecule has 0 saturated carbocycles. The summed E-state index contributed by atoms with van der Waals surface area (Å²) in [6, 6.07) is 9.57. The van der Waals surface area contributed by atoms with Crippen LogP contribution in [0.15, 0.2) is 36.4 Å². The van der Waals surface area contributed by atoms with E-state index in [2.05, 4.69) is 15.2 Å². The fourth-order valence-corrected chi connectivity index (χ4v) is 4.11. The molecule has 10 heteroatoms. The van der Waals surface area contributed by atoms with Gasteiger partial charge in [0.15, 0.2) is 10.9 Å². The zero-order chi connectivity index (χ0) is 20.4. The number of thiazole rings is 1. The lowest BCUT2D eigenvalue weighted by Crippen LogP contribution is -2.36. The zero-order valence-corrected chi connectivity index (χ0v) is 16.4. The van der Waals surface area contributed by atoms with Crippen molar-refractivity contribution in [3.8, 4) is 5.75 Å². The molecule has 2 aromatic carbocycles. The van der Waals surface area contributed by atoms with E-state index in [0.717, 1.165) is 28.4 Å². The van der Waals surface area contributed by atoms with Crippen molar-refractivity contribution < 1.29 is 19.2 Å². The maximum Gasteiger partial charge on any atom is 0.311 e. The molecule has 0 aliphatic carbocycles. The number of ether oxygens (including phenoxy) is 2. The molecule has 1 aromatic heterocycles. The molecule has 1 aliphatic rings. The maximum atomic E-state index is 12.6. The number of rotatable bonds is 5. The normalized spacial score (nSPS) is 14.0. The highest BCUT2D eigenvalue weighted by Gasteiger charge is 2.19. The van der Waals surface area contributed by atoms with Gasteiger partial charge < -0.3 is 19.7 Å². The molecule has 1 N–H and O–H groups in total. The van der Waals surface area contributed by atoms with Crippen molar-refractivity contribution in [2.45, 2.75) is 0 Å². The van der Waals surface area contributed by atoms with E-state index in [1.54, 1.807) is 17.4 Å². The molecular weight excluding hydrogens is 396 g/mol. The van der Waals surface area contributed by atoms with Crippen molar-refractivity contribution in [3.05, 3.63) is 52.1 Å². The molecular formula is C19H18N4O5S. The standard InChI is InChI=1S/C19H18N4O5S/c1-27-16-5-2-12(10-15(16)23(25)26)18(24)20-13-3-4-14-17(11-13)29-19(21-14)22-6-8-28-9-7-22/h2-5,10-11H,6-9H2,1H3,(H,20,24). The molecule has 150 valence electrons. The number of hydrogen-bond acceptors (Lipinski definition) is 8. The average Bonchev–Trinajstić information content (AvgIpc) is 3.17. The summed E-state index contributed by atoms with van der Waals surface area (Å²) >= 11 is 1.55. The number of nitro groups is 1. The van der Waals surface area contributed by atoms with Crippen LogP contribution in [0.3, 0.4) is 0 Å². The zero-order valence-electron chi connectivity index (χ0n) is 15.6. The van der Waals surface area contributed by atoms with Gasteiger partial charge in [-0.3, -0.25) is 14.9 Å². The summed E-state index contributed by atoms with van der Waals surface area (Å²) < 4.78 is 11.3. The van der Waals surface area contributed by atoms with Gasteiger partial charge in [0.1, 0.15) is 0 Å². The average molecular weight is 414 g/mol. The van der Waals surface area contributed by atoms with Crippen LogP contribution in [0.25, 0.3) is 10.2 Å². The van der Waals surface area contributed by atoms with Crippen LogP contribution in [0.1, 0.15) is 10.4 Å². The Morgan fingerprint density at radius 3 is 2.79 bits per heavy atom. The third kappa shape index (κ3) is 3.98. The summed E-state index contributed by atoms with van der Waals surface area (Å²) in [5.41, 5.74) is 1.37. The van der Waals surface area contributed by atoms with Crippen molar-refractivity contribution in [1.82, 2.24) is 4.98 Å². The first-order valence-electron chi connectivity index (χ1n) is 8.92. The number of carbonyl (C=O) groups excluding carboxylic acids is 1. The minimum atomic E-state index is -0.577. The Kier molecular flexibility index (Phi) is 5.28. The molecule has 1 saturated heterocycles. The molecule has 2 heterocycles. The van der Waals surface area contributed by atoms with E-state index in [1.807, 2.05) is 12.1 Å². The SMILES string of the molecule is COc1ccc(C(=O)Nc2ccc3nc(N4CCOCC4)sc3c2)cc1[N+](=O)[O-]. The van der Waals surface area contributed by atoms with Crippen LogP contribution in [-0.2, 0) is 4.74 Å². The molecule has 9 nitrogen and oxygen atoms in total. The van der Waals surface area contributed by atoms with Crippen LogP contribution in [0, 0.1) is 10.1 Å². The lowest BCUT2D eigenvalue weighted by molar-refractivity contribution is -0.385. The maximum absolute atomic E-state index is 12.6. The largest absolute Gasteiger partial charge is 0.490 e. The number of nitrogens with one attached hydrogen (secondary N) is 1. The van der Waals surface area contributed by atoms with Gasteiger partial charge in [-0.1, -0.05) is 11.3 Å². The van der Waals surface area contributed by atoms with Gasteiger partial charge in [0.2, 0.25) is 0 Å². The Bertz CT molecular complexity index is 1080. The quantitative estimate of drug-likeness (QED) is 0.504. The van der Waals surface area contributed by atoms with Crippen molar-refractivity contribution in [2.24, 2.45) is 0 Å². The summed E-state index contributed by atoms with van der Waals surface area (Å²) in [4.78, 5) is 30.0. The lowest BCUT2D eigenvalue weighted by atomic mass is 10.1. The molecule has 1 fully saturated rings. The summed E-state index contributed by atoms with van der Waals surface area (Å²) in [6.07, 6.45) is 0. The van der Waals surface area contributed by atoms with E-state index in [4.69, 9.17) is 9.47 Å². The number of carbonyl (C=O) groups is 1. The number of nitrogens with zero attached hydrogens (tertiary/aromatic N) is 3. The Labute approximate surface area is 170 Å². The second-order valence-electron chi connectivity index (χ2n) is 6.38. The number of benzene rings is 2. The first kappa shape index (κ1) is 19.1. The van der Waals surface area contributed by atoms with E-state index in [9.17, 15) is 14.9 Å². The highest BCUT2D eigenvalue weighted by molar-refractivity contribution is 7.22. The van der Waals surface area contributed by atoms with Crippen LogP contribution in [0.5, 0.6) is 5.75 Å². The van der Waals surface area contributed by atoms with Gasteiger partial charge in [-0.25, -0.2) is 4.98 Å². The second-order valence-corrected chi connectivity index (χ2v) is 7.39. The predicted octanol–water partition coefficient (Wildman–Crippen LogP) is 3.30. The van der Waals surface area contributed by atoms with Gasteiger partial charge in [0, 0.05) is 30.4 Å². The molecule has 29 heavy (non-hydrogen) atoms. The van der Waals surface area contributed by atoms with E-state index < -0.39 is 10.8 Å². The van der Waals surface area contributed by atoms with Crippen LogP contribution in [-0.4, -0.2) is 49.2 Å². The van der Waals surface area contributed by atoms with E-state index in [1.165, 1.54) is 25.3 Å². The van der Waals surface area contributed by atoms with Gasteiger partial charge in [-0.2, -0.15) is 0 Å². The van der Waals surface area contributed by atoms with E-state index >= 15 is 0 Å². The highest BCUT2D eigenvalue weighted by Crippen LogP contribution is 2.32. The molecule has 0 spiro atoms. The minimum absolute atomic E-state index is 0.105. The molecule has 1 aliphatic heterocycles. The number of morpholine rings is 1. The fraction of sp³-hybridized carbons (Fsp3) is 0.263. The van der Waals surface area contributed by atoms with Crippen molar-refractivity contribution in [1.29, 1.82) is 0 Å². The minimum Gasteiger partial charge on any atom is -0.490 e. The van der Waals surface area contributed by atoms with Crippen molar-refractivity contribution >= 4 is 44.0 Å². The Morgan fingerprint density at radius 2 is 2.07 bits per heavy atom. The van der Waals surface area contributed by atoms with Gasteiger partial charge in [-0.15, -0.1) is 0 Å². The summed E-state index contributed by atoms with van der Waals surface area (Å²) in [6.45, 7) is 2.98. The van der Waals surface area contributed by atoms with E-state index in [-0.39, 0.29) is 17.0 Å². The third-order valence-electron chi connectivity index (χ3n) is 4.55. The second kappa shape index (κ2) is 8.02. The Balaban J connectivity index is 1.55. The van der Waals surface area contributed by atoms with Crippen LogP contribution >= 0.6 is 11.3 Å². The molecule has 1 amide bonds. The fourth-order valence-electron chi connectivity index (χ4n) is 3.06. The third-order valence-corrected chi connectivity index (χ3v) is 5.63. The molecule has 0 radical (unpaired) electrons. The predicted molar refractivity (Wildman–Crippen MR) is 110 cm³/mol. The number of nitro benzene ring substituents is 1. The topological polar surface area (TPSA) is 107 Å². The number of methoxy groups -OCH3 is 1. The molecule has 0 atom stereocenters. The number of fused-ring (bicyclic) bond motifs is 1. The Morgan fingerprint density at radius 1 is 1.28 bits per heavy atom. The molecule has 3 aromatic rings. The van der Waals surface area contributed by atoms with Crippen LogP contribution in [0.2, 0.25) is 0 Å². The first-order valence-corrected chi connectivity index (χ1v) is 9.74. The van der Waals surface area contributed by atoms with Gasteiger partial charge in [0.05, 0.1) is 35.5 Å². The molecule has 4 rings (SSSR count). The van der Waals surface area contributed by atoms with E-state index in [0.29, 0.717) is 18.9 Å². The number of anilines is 2. The van der Waals surface area contributed by atoms with Gasteiger partial charge in [-0.05, 0) is 30.3 Å². The summed E-state index contributed by atoms with van der Waals surface area (Å²) in [5.74, 6) is -0.332. The first-order chi connectivity index (χ1) is 14.0. The smallest absolute Gasteiger partial charge is 0.311 e. The summed E-state index contributed by atoms with van der Waals surface area (Å²) in [5, 5.41) is 14.9. The molecule has 0 unspecified atom stereocenters.